The maximum Gasteiger partial charge on any atom is 0.251 e. The number of benzene rings is 1. The minimum absolute atomic E-state index is 0.238. The fourth-order valence-electron chi connectivity index (χ4n) is 4.39. The van der Waals surface area contributed by atoms with E-state index in [1.54, 1.807) is 12.1 Å². The minimum atomic E-state index is -0.432. The van der Waals surface area contributed by atoms with Crippen LogP contribution in [0.1, 0.15) is 66.3 Å². The van der Waals surface area contributed by atoms with Crippen LogP contribution in [0.5, 0.6) is 0 Å². The van der Waals surface area contributed by atoms with Crippen molar-refractivity contribution in [1.82, 2.24) is 9.47 Å². The quantitative estimate of drug-likeness (QED) is 0.687. The Morgan fingerprint density at radius 3 is 2.50 bits per heavy atom. The van der Waals surface area contributed by atoms with Gasteiger partial charge in [-0.05, 0) is 50.3 Å². The molecule has 6 nitrogen and oxygen atoms in total. The van der Waals surface area contributed by atoms with Crippen molar-refractivity contribution in [2.75, 3.05) is 13.1 Å². The average Bonchev–Trinajstić information content (AvgIpc) is 3.27. The Hall–Kier alpha value is -3.07. The molecule has 2 heterocycles. The van der Waals surface area contributed by atoms with Crippen LogP contribution in [0.3, 0.4) is 0 Å². The molecule has 3 rings (SSSR count). The van der Waals surface area contributed by atoms with Gasteiger partial charge in [0.2, 0.25) is 5.91 Å². The predicted molar refractivity (Wildman–Crippen MR) is 117 cm³/mol. The highest BCUT2D eigenvalue weighted by Crippen LogP contribution is 2.34. The Morgan fingerprint density at radius 2 is 1.93 bits per heavy atom. The van der Waals surface area contributed by atoms with Gasteiger partial charge in [-0.1, -0.05) is 25.5 Å². The Kier molecular flexibility index (Phi) is 6.94. The van der Waals surface area contributed by atoms with Crippen molar-refractivity contribution in [3.05, 3.63) is 46.8 Å². The highest BCUT2D eigenvalue weighted by atomic mass is 16.2. The summed E-state index contributed by atoms with van der Waals surface area (Å²) in [7, 11) is 0. The number of hydrogen-bond acceptors (Lipinski definition) is 3. The van der Waals surface area contributed by atoms with Gasteiger partial charge < -0.3 is 15.2 Å². The van der Waals surface area contributed by atoms with Crippen LogP contribution in [0.25, 0.3) is 11.1 Å². The number of rotatable bonds is 9. The maximum atomic E-state index is 12.4. The summed E-state index contributed by atoms with van der Waals surface area (Å²) in [4.78, 5) is 26.3. The number of nitrogens with zero attached hydrogens (tertiary/aromatic N) is 3. The molecule has 1 fully saturated rings. The smallest absolute Gasteiger partial charge is 0.251 e. The van der Waals surface area contributed by atoms with Crippen LogP contribution in [0.4, 0.5) is 0 Å². The molecule has 2 N–H and O–H groups in total. The second-order valence-electron chi connectivity index (χ2n) is 7.93. The fraction of sp³-hybridized carbons (Fsp3) is 0.458. The Balaban J connectivity index is 1.98. The maximum absolute atomic E-state index is 12.4. The van der Waals surface area contributed by atoms with Crippen molar-refractivity contribution in [3.63, 3.8) is 0 Å². The Morgan fingerprint density at radius 1 is 1.20 bits per heavy atom. The Bertz CT molecular complexity index is 967. The molecule has 1 aliphatic heterocycles. The number of likely N-dealkylation sites (tertiary alicyclic amines) is 1. The summed E-state index contributed by atoms with van der Waals surface area (Å²) < 4.78 is 2.21. The molecule has 158 valence electrons. The Labute approximate surface area is 178 Å². The van der Waals surface area contributed by atoms with Crippen LogP contribution in [-0.4, -0.2) is 34.4 Å². The molecule has 0 spiro atoms. The molecule has 1 aromatic heterocycles. The van der Waals surface area contributed by atoms with Gasteiger partial charge in [0.1, 0.15) is 0 Å². The first-order valence-corrected chi connectivity index (χ1v) is 10.8. The number of amides is 2. The first-order chi connectivity index (χ1) is 14.5. The summed E-state index contributed by atoms with van der Waals surface area (Å²) in [6.07, 6.45) is 5.34. The molecule has 0 saturated carbocycles. The van der Waals surface area contributed by atoms with Crippen LogP contribution in [0, 0.1) is 18.3 Å². The first-order valence-electron chi connectivity index (χ1n) is 10.8. The number of carbonyl (C=O) groups is 2. The van der Waals surface area contributed by atoms with Gasteiger partial charge in [0.15, 0.2) is 0 Å². The summed E-state index contributed by atoms with van der Waals surface area (Å²) in [6, 6.07) is 9.47. The second-order valence-corrected chi connectivity index (χ2v) is 7.93. The van der Waals surface area contributed by atoms with Gasteiger partial charge in [0, 0.05) is 43.0 Å². The molecule has 1 aromatic carbocycles. The van der Waals surface area contributed by atoms with Crippen molar-refractivity contribution >= 4 is 11.8 Å². The number of unbranched alkanes of at least 4 members (excludes halogenated alkanes) is 1. The fourth-order valence-corrected chi connectivity index (χ4v) is 4.39. The van der Waals surface area contributed by atoms with Gasteiger partial charge in [-0.2, -0.15) is 5.26 Å². The van der Waals surface area contributed by atoms with E-state index in [1.807, 2.05) is 24.0 Å². The summed E-state index contributed by atoms with van der Waals surface area (Å²) in [6.45, 7) is 6.42. The lowest BCUT2D eigenvalue weighted by molar-refractivity contribution is -0.127. The van der Waals surface area contributed by atoms with Crippen molar-refractivity contribution in [1.29, 1.82) is 5.26 Å². The highest BCUT2D eigenvalue weighted by molar-refractivity contribution is 6.02. The molecule has 30 heavy (non-hydrogen) atoms. The number of carbonyl (C=O) groups excluding carboxylic acids is 2. The monoisotopic (exact) mass is 406 g/mol. The molecule has 6 heteroatoms. The normalized spacial score (nSPS) is 13.6. The largest absolute Gasteiger partial charge is 0.366 e. The zero-order chi connectivity index (χ0) is 21.7. The minimum Gasteiger partial charge on any atom is -0.366 e. The standard InChI is InChI=1S/C24H30N4O2/c1-3-4-7-20-23(19-11-9-18(16-25)10-12-19)22(24(26)30)17(2)28(20)15-6-14-27-13-5-8-21(27)29/h9-12H,3-8,13-15H2,1-2H3,(H2,26,30). The average molecular weight is 407 g/mol. The lowest BCUT2D eigenvalue weighted by Gasteiger charge is -2.18. The van der Waals surface area contributed by atoms with Crippen molar-refractivity contribution < 1.29 is 9.59 Å². The molecule has 0 unspecified atom stereocenters. The van der Waals surface area contributed by atoms with E-state index in [1.165, 1.54) is 0 Å². The van der Waals surface area contributed by atoms with E-state index in [4.69, 9.17) is 11.0 Å². The number of nitrogens with two attached hydrogens (primary N) is 1. The lowest BCUT2D eigenvalue weighted by atomic mass is 9.97. The molecule has 2 amide bonds. The van der Waals surface area contributed by atoms with E-state index in [2.05, 4.69) is 17.6 Å². The van der Waals surface area contributed by atoms with E-state index in [-0.39, 0.29) is 5.91 Å². The molecule has 0 aliphatic carbocycles. The van der Waals surface area contributed by atoms with Crippen LogP contribution >= 0.6 is 0 Å². The summed E-state index contributed by atoms with van der Waals surface area (Å²) in [5, 5.41) is 9.11. The molecule has 0 bridgehead atoms. The molecular formula is C24H30N4O2. The van der Waals surface area contributed by atoms with Crippen LogP contribution in [-0.2, 0) is 17.8 Å². The number of nitriles is 1. The zero-order valence-electron chi connectivity index (χ0n) is 17.9. The molecule has 0 atom stereocenters. The van der Waals surface area contributed by atoms with Crippen LogP contribution in [0.2, 0.25) is 0 Å². The van der Waals surface area contributed by atoms with E-state index in [0.29, 0.717) is 17.5 Å². The number of primary amides is 1. The van der Waals surface area contributed by atoms with Crippen molar-refractivity contribution in [2.24, 2.45) is 5.73 Å². The molecule has 1 aliphatic rings. The van der Waals surface area contributed by atoms with Gasteiger partial charge in [0.05, 0.1) is 17.2 Å². The lowest BCUT2D eigenvalue weighted by Crippen LogP contribution is -2.26. The number of hydrogen-bond donors (Lipinski definition) is 1. The predicted octanol–water partition coefficient (Wildman–Crippen LogP) is 3.79. The molecule has 0 radical (unpaired) electrons. The van der Waals surface area contributed by atoms with Gasteiger partial charge in [-0.15, -0.1) is 0 Å². The third-order valence-electron chi connectivity index (χ3n) is 5.93. The number of aromatic nitrogens is 1. The van der Waals surface area contributed by atoms with Crippen molar-refractivity contribution in [3.8, 4) is 17.2 Å². The van der Waals surface area contributed by atoms with Crippen LogP contribution in [0.15, 0.2) is 24.3 Å². The molecular weight excluding hydrogens is 376 g/mol. The first kappa shape index (κ1) is 21.6. The van der Waals surface area contributed by atoms with E-state index < -0.39 is 5.91 Å². The van der Waals surface area contributed by atoms with Crippen LogP contribution < -0.4 is 5.73 Å². The van der Waals surface area contributed by atoms with Gasteiger partial charge in [0.25, 0.3) is 5.91 Å². The van der Waals surface area contributed by atoms with Gasteiger partial charge in [-0.3, -0.25) is 9.59 Å². The van der Waals surface area contributed by atoms with E-state index >= 15 is 0 Å². The van der Waals surface area contributed by atoms with E-state index in [0.717, 1.165) is 74.3 Å². The second kappa shape index (κ2) is 9.62. The van der Waals surface area contributed by atoms with Gasteiger partial charge >= 0.3 is 0 Å². The summed E-state index contributed by atoms with van der Waals surface area (Å²) in [5.74, 6) is -0.195. The zero-order valence-corrected chi connectivity index (χ0v) is 17.9. The van der Waals surface area contributed by atoms with E-state index in [9.17, 15) is 9.59 Å². The third kappa shape index (κ3) is 4.40. The topological polar surface area (TPSA) is 92.1 Å². The highest BCUT2D eigenvalue weighted by Gasteiger charge is 2.25. The molecule has 2 aromatic rings. The summed E-state index contributed by atoms with van der Waals surface area (Å²) in [5.41, 5.74) is 10.7. The molecule has 1 saturated heterocycles. The third-order valence-corrected chi connectivity index (χ3v) is 5.93. The van der Waals surface area contributed by atoms with Gasteiger partial charge in [-0.25, -0.2) is 0 Å². The van der Waals surface area contributed by atoms with Crippen molar-refractivity contribution in [2.45, 2.75) is 58.9 Å². The SMILES string of the molecule is CCCCc1c(-c2ccc(C#N)cc2)c(C(N)=O)c(C)n1CCCN1CCCC1=O. The summed E-state index contributed by atoms with van der Waals surface area (Å²) >= 11 is 0.